The van der Waals surface area contributed by atoms with Gasteiger partial charge in [0.15, 0.2) is 0 Å². The van der Waals surface area contributed by atoms with Gasteiger partial charge in [0.2, 0.25) is 0 Å². The quantitative estimate of drug-likeness (QED) is 0.420. The Bertz CT molecular complexity index is 682. The molecule has 0 aromatic heterocycles. The van der Waals surface area contributed by atoms with Crippen molar-refractivity contribution in [3.8, 4) is 0 Å². The summed E-state index contributed by atoms with van der Waals surface area (Å²) in [6, 6.07) is 10.5. The summed E-state index contributed by atoms with van der Waals surface area (Å²) in [7, 11) is 0. The molecule has 2 nitrogen and oxygen atoms in total. The molecule has 0 atom stereocenters. The van der Waals surface area contributed by atoms with Crippen LogP contribution in [-0.2, 0) is 17.6 Å². The maximum atomic E-state index is 12.8. The van der Waals surface area contributed by atoms with Crippen LogP contribution in [0.3, 0.4) is 0 Å². The molecule has 0 amide bonds. The SMILES string of the molecule is FC(F)c1cccc(CON=Cc2ccccc2C(F)(F)F)c1. The lowest BCUT2D eigenvalue weighted by molar-refractivity contribution is -0.137. The highest BCUT2D eigenvalue weighted by atomic mass is 19.4. The maximum Gasteiger partial charge on any atom is 0.417 e. The zero-order valence-corrected chi connectivity index (χ0v) is 11.7. The van der Waals surface area contributed by atoms with E-state index in [-0.39, 0.29) is 17.7 Å². The van der Waals surface area contributed by atoms with Crippen LogP contribution < -0.4 is 0 Å². The van der Waals surface area contributed by atoms with E-state index in [4.69, 9.17) is 4.84 Å². The van der Waals surface area contributed by atoms with Crippen molar-refractivity contribution >= 4 is 6.21 Å². The van der Waals surface area contributed by atoms with Crippen LogP contribution in [0.2, 0.25) is 0 Å². The molecule has 2 rings (SSSR count). The number of hydrogen-bond acceptors (Lipinski definition) is 2. The summed E-state index contributed by atoms with van der Waals surface area (Å²) < 4.78 is 63.4. The minimum atomic E-state index is -4.49. The van der Waals surface area contributed by atoms with Gasteiger partial charge < -0.3 is 4.84 Å². The fraction of sp³-hybridized carbons (Fsp3) is 0.188. The van der Waals surface area contributed by atoms with Crippen LogP contribution in [0.15, 0.2) is 53.7 Å². The number of hydrogen-bond donors (Lipinski definition) is 0. The summed E-state index contributed by atoms with van der Waals surface area (Å²) in [4.78, 5) is 4.88. The van der Waals surface area contributed by atoms with E-state index in [1.165, 1.54) is 36.4 Å². The predicted molar refractivity (Wildman–Crippen MR) is 75.2 cm³/mol. The average Bonchev–Trinajstić information content (AvgIpc) is 2.51. The molecule has 0 unspecified atom stereocenters. The first-order valence-electron chi connectivity index (χ1n) is 6.56. The number of benzene rings is 2. The molecular weight excluding hydrogens is 317 g/mol. The van der Waals surface area contributed by atoms with E-state index in [1.54, 1.807) is 6.07 Å². The number of rotatable bonds is 5. The molecule has 0 heterocycles. The van der Waals surface area contributed by atoms with Crippen LogP contribution >= 0.6 is 0 Å². The number of alkyl halides is 5. The molecule has 0 aliphatic heterocycles. The van der Waals surface area contributed by atoms with Crippen molar-refractivity contribution < 1.29 is 26.8 Å². The molecule has 0 aliphatic rings. The molecule has 0 fully saturated rings. The predicted octanol–water partition coefficient (Wildman–Crippen LogP) is 5.19. The molecule has 7 heteroatoms. The smallest absolute Gasteiger partial charge is 0.391 e. The van der Waals surface area contributed by atoms with Gasteiger partial charge in [-0.25, -0.2) is 8.78 Å². The second kappa shape index (κ2) is 7.21. The first kappa shape index (κ1) is 16.9. The van der Waals surface area contributed by atoms with Gasteiger partial charge in [-0.3, -0.25) is 0 Å². The third-order valence-corrected chi connectivity index (χ3v) is 2.97. The van der Waals surface area contributed by atoms with E-state index in [9.17, 15) is 22.0 Å². The Morgan fingerprint density at radius 3 is 2.48 bits per heavy atom. The van der Waals surface area contributed by atoms with Gasteiger partial charge in [0.05, 0.1) is 11.8 Å². The van der Waals surface area contributed by atoms with Crippen molar-refractivity contribution in [2.45, 2.75) is 19.2 Å². The largest absolute Gasteiger partial charge is 0.417 e. The second-order valence-corrected chi connectivity index (χ2v) is 4.64. The Hall–Kier alpha value is -2.44. The lowest BCUT2D eigenvalue weighted by atomic mass is 10.1. The van der Waals surface area contributed by atoms with Crippen molar-refractivity contribution in [1.82, 2.24) is 0 Å². The standard InChI is InChI=1S/C16H12F5NO/c17-15(18)12-6-3-4-11(8-12)10-23-22-9-13-5-1-2-7-14(13)16(19,20)21/h1-9,15H,10H2. The zero-order valence-electron chi connectivity index (χ0n) is 11.7. The minimum absolute atomic E-state index is 0.120. The Balaban J connectivity index is 2.02. The molecule has 2 aromatic rings. The van der Waals surface area contributed by atoms with E-state index < -0.39 is 18.2 Å². The van der Waals surface area contributed by atoms with Crippen molar-refractivity contribution in [3.05, 3.63) is 70.8 Å². The summed E-state index contributed by atoms with van der Waals surface area (Å²) in [5, 5.41) is 3.47. The Labute approximate surface area is 129 Å². The zero-order chi connectivity index (χ0) is 16.9. The Morgan fingerprint density at radius 2 is 1.78 bits per heavy atom. The minimum Gasteiger partial charge on any atom is -0.391 e. The van der Waals surface area contributed by atoms with Crippen LogP contribution in [0.5, 0.6) is 0 Å². The van der Waals surface area contributed by atoms with Gasteiger partial charge in [0.25, 0.3) is 6.43 Å². The molecule has 0 radical (unpaired) electrons. The van der Waals surface area contributed by atoms with Crippen molar-refractivity contribution in [2.24, 2.45) is 5.16 Å². The molecule has 0 saturated carbocycles. The normalized spacial score (nSPS) is 12.1. The van der Waals surface area contributed by atoms with Crippen LogP contribution in [0, 0.1) is 0 Å². The lowest BCUT2D eigenvalue weighted by Crippen LogP contribution is -2.08. The van der Waals surface area contributed by atoms with Crippen LogP contribution in [0.1, 0.15) is 28.7 Å². The summed E-state index contributed by atoms with van der Waals surface area (Å²) in [6.07, 6.45) is -6.15. The van der Waals surface area contributed by atoms with Gasteiger partial charge in [-0.15, -0.1) is 0 Å². The van der Waals surface area contributed by atoms with Gasteiger partial charge >= 0.3 is 6.18 Å². The van der Waals surface area contributed by atoms with Gasteiger partial charge in [-0.2, -0.15) is 13.2 Å². The summed E-state index contributed by atoms with van der Waals surface area (Å²) in [6.45, 7) is -0.120. The molecule has 0 N–H and O–H groups in total. The second-order valence-electron chi connectivity index (χ2n) is 4.64. The van der Waals surface area contributed by atoms with Crippen molar-refractivity contribution in [3.63, 3.8) is 0 Å². The number of nitrogens with zero attached hydrogens (tertiary/aromatic N) is 1. The molecule has 0 aliphatic carbocycles. The third kappa shape index (κ3) is 4.77. The van der Waals surface area contributed by atoms with Gasteiger partial charge in [-0.05, 0) is 17.7 Å². The molecule has 122 valence electrons. The average molecular weight is 329 g/mol. The third-order valence-electron chi connectivity index (χ3n) is 2.97. The van der Waals surface area contributed by atoms with Crippen molar-refractivity contribution in [2.75, 3.05) is 0 Å². The number of halogens is 5. The lowest BCUT2D eigenvalue weighted by Gasteiger charge is -2.09. The van der Waals surface area contributed by atoms with E-state index >= 15 is 0 Å². The molecular formula is C16H12F5NO. The fourth-order valence-electron chi connectivity index (χ4n) is 1.89. The first-order valence-corrected chi connectivity index (χ1v) is 6.56. The van der Waals surface area contributed by atoms with E-state index in [0.29, 0.717) is 5.56 Å². The van der Waals surface area contributed by atoms with Crippen LogP contribution in [0.4, 0.5) is 22.0 Å². The Kier molecular flexibility index (Phi) is 5.31. The summed E-state index contributed by atoms with van der Waals surface area (Å²) in [5.41, 5.74) is -0.671. The number of oxime groups is 1. The Morgan fingerprint density at radius 1 is 1.04 bits per heavy atom. The maximum absolute atomic E-state index is 12.8. The molecule has 0 spiro atoms. The fourth-order valence-corrected chi connectivity index (χ4v) is 1.89. The summed E-state index contributed by atoms with van der Waals surface area (Å²) in [5.74, 6) is 0. The van der Waals surface area contributed by atoms with E-state index in [2.05, 4.69) is 5.16 Å². The van der Waals surface area contributed by atoms with Gasteiger partial charge in [0.1, 0.15) is 6.61 Å². The topological polar surface area (TPSA) is 21.6 Å². The molecule has 2 aromatic carbocycles. The van der Waals surface area contributed by atoms with Gasteiger partial charge in [-0.1, -0.05) is 41.6 Å². The highest BCUT2D eigenvalue weighted by molar-refractivity contribution is 5.81. The molecule has 0 saturated heterocycles. The molecule has 23 heavy (non-hydrogen) atoms. The molecule has 0 bridgehead atoms. The highest BCUT2D eigenvalue weighted by Crippen LogP contribution is 2.31. The monoisotopic (exact) mass is 329 g/mol. The van der Waals surface area contributed by atoms with Crippen LogP contribution in [0.25, 0.3) is 0 Å². The van der Waals surface area contributed by atoms with E-state index in [0.717, 1.165) is 12.3 Å². The highest BCUT2D eigenvalue weighted by Gasteiger charge is 2.32. The van der Waals surface area contributed by atoms with Gasteiger partial charge in [0, 0.05) is 11.1 Å². The van der Waals surface area contributed by atoms with Crippen molar-refractivity contribution in [1.29, 1.82) is 0 Å². The first-order chi connectivity index (χ1) is 10.9. The van der Waals surface area contributed by atoms with Crippen LogP contribution in [-0.4, -0.2) is 6.21 Å². The van der Waals surface area contributed by atoms with E-state index in [1.807, 2.05) is 0 Å². The summed E-state index contributed by atoms with van der Waals surface area (Å²) >= 11 is 0.